The summed E-state index contributed by atoms with van der Waals surface area (Å²) in [6.45, 7) is 11.8. The highest BCUT2D eigenvalue weighted by Crippen LogP contribution is 2.22. The molecule has 2 aromatic heterocycles. The van der Waals surface area contributed by atoms with E-state index in [-0.39, 0.29) is 36.4 Å². The predicted molar refractivity (Wildman–Crippen MR) is 137 cm³/mol. The fraction of sp³-hybridized carbons (Fsp3) is 0.600. The van der Waals surface area contributed by atoms with Crippen molar-refractivity contribution in [2.45, 2.75) is 72.8 Å². The molecule has 0 aliphatic carbocycles. The third-order valence-corrected chi connectivity index (χ3v) is 6.02. The molecule has 0 saturated carbocycles. The molecule has 3 heterocycles. The summed E-state index contributed by atoms with van der Waals surface area (Å²) in [5.74, 6) is -1.92. The topological polar surface area (TPSA) is 123 Å². The molecule has 37 heavy (non-hydrogen) atoms. The first-order chi connectivity index (χ1) is 17.3. The van der Waals surface area contributed by atoms with Crippen molar-refractivity contribution in [3.8, 4) is 0 Å². The van der Waals surface area contributed by atoms with E-state index in [0.717, 1.165) is 0 Å². The minimum absolute atomic E-state index is 0.0680. The molecule has 1 fully saturated rings. The number of ether oxygens (including phenoxy) is 5. The van der Waals surface area contributed by atoms with E-state index in [4.69, 9.17) is 35.9 Å². The number of aromatic nitrogens is 3. The maximum Gasteiger partial charge on any atom is 0.330 e. The minimum Gasteiger partial charge on any atom is -0.454 e. The van der Waals surface area contributed by atoms with Crippen LogP contribution in [0.5, 0.6) is 0 Å². The number of rotatable bonds is 10. The molecule has 0 radical (unpaired) electrons. The van der Waals surface area contributed by atoms with Crippen molar-refractivity contribution >= 4 is 35.2 Å². The standard InChI is InChI=1S/C25H35N3O8S/c1-16(2)32-12-11-28-18-8-10-27(20(18)21(30)26-23(28)37)15-33-22(31)24(3,4)9-7-19(29)36-17-13-34-25(5,6)35-14-17/h7-10,16-17H,11-15H2,1-6H3,(H,26,30,37)/b9-7+. The van der Waals surface area contributed by atoms with Gasteiger partial charge in [-0.05, 0) is 59.8 Å². The molecule has 12 heteroatoms. The second-order valence-electron chi connectivity index (χ2n) is 10.0. The van der Waals surface area contributed by atoms with Gasteiger partial charge in [0, 0.05) is 18.8 Å². The number of aromatic amines is 1. The predicted octanol–water partition coefficient (Wildman–Crippen LogP) is 3.06. The van der Waals surface area contributed by atoms with Crippen LogP contribution in [0.3, 0.4) is 0 Å². The van der Waals surface area contributed by atoms with Crippen LogP contribution in [0, 0.1) is 10.2 Å². The summed E-state index contributed by atoms with van der Waals surface area (Å²) in [5, 5.41) is 0. The van der Waals surface area contributed by atoms with Crippen molar-refractivity contribution in [2.75, 3.05) is 19.8 Å². The molecule has 1 aliphatic heterocycles. The average molecular weight is 538 g/mol. The number of nitrogens with zero attached hydrogens (tertiary/aromatic N) is 2. The number of H-pyrrole nitrogens is 1. The molecule has 0 unspecified atom stereocenters. The van der Waals surface area contributed by atoms with Gasteiger partial charge in [0.05, 0.1) is 36.9 Å². The number of carbonyl (C=O) groups excluding carboxylic acids is 2. The molecule has 0 aromatic carbocycles. The van der Waals surface area contributed by atoms with Crippen LogP contribution >= 0.6 is 12.2 Å². The molecular formula is C25H35N3O8S. The SMILES string of the molecule is CC(C)OCCn1c(=S)[nH]c(=O)c2c1ccn2COC(=O)C(C)(C)/C=C/C(=O)OC1COC(C)(C)OC1. The lowest BCUT2D eigenvalue weighted by Crippen LogP contribution is -2.43. The first-order valence-electron chi connectivity index (χ1n) is 12.1. The van der Waals surface area contributed by atoms with E-state index in [2.05, 4.69) is 4.98 Å². The first kappa shape index (κ1) is 28.8. The fourth-order valence-corrected chi connectivity index (χ4v) is 3.86. The zero-order valence-electron chi connectivity index (χ0n) is 22.1. The lowest BCUT2D eigenvalue weighted by atomic mass is 9.93. The molecule has 1 saturated heterocycles. The second kappa shape index (κ2) is 11.7. The number of carbonyl (C=O) groups is 2. The van der Waals surface area contributed by atoms with E-state index in [1.54, 1.807) is 44.5 Å². The van der Waals surface area contributed by atoms with Gasteiger partial charge >= 0.3 is 11.9 Å². The van der Waals surface area contributed by atoms with Gasteiger partial charge in [0.1, 0.15) is 11.6 Å². The van der Waals surface area contributed by atoms with Crippen molar-refractivity contribution in [3.05, 3.63) is 39.5 Å². The summed E-state index contributed by atoms with van der Waals surface area (Å²) >= 11 is 5.32. The Morgan fingerprint density at radius 1 is 1.30 bits per heavy atom. The normalized spacial score (nSPS) is 16.5. The van der Waals surface area contributed by atoms with Crippen LogP contribution in [0.4, 0.5) is 0 Å². The van der Waals surface area contributed by atoms with E-state index in [1.807, 2.05) is 13.8 Å². The Hall–Kier alpha value is -2.80. The Labute approximate surface area is 220 Å². The largest absolute Gasteiger partial charge is 0.454 e. The minimum atomic E-state index is -1.13. The number of esters is 2. The van der Waals surface area contributed by atoms with Crippen molar-refractivity contribution in [2.24, 2.45) is 5.41 Å². The Bertz CT molecular complexity index is 1260. The number of fused-ring (bicyclic) bond motifs is 1. The van der Waals surface area contributed by atoms with Crippen molar-refractivity contribution < 1.29 is 33.3 Å². The third-order valence-electron chi connectivity index (χ3n) is 5.69. The maximum absolute atomic E-state index is 12.8. The molecule has 0 bridgehead atoms. The van der Waals surface area contributed by atoms with Crippen LogP contribution < -0.4 is 5.56 Å². The van der Waals surface area contributed by atoms with Gasteiger partial charge in [-0.15, -0.1) is 0 Å². The van der Waals surface area contributed by atoms with Gasteiger partial charge < -0.3 is 32.8 Å². The van der Waals surface area contributed by atoms with Crippen LogP contribution in [0.15, 0.2) is 29.2 Å². The van der Waals surface area contributed by atoms with Crippen LogP contribution in [-0.2, 0) is 46.5 Å². The van der Waals surface area contributed by atoms with Gasteiger partial charge in [0.2, 0.25) is 0 Å². The lowest BCUT2D eigenvalue weighted by Gasteiger charge is -2.34. The summed E-state index contributed by atoms with van der Waals surface area (Å²) < 4.78 is 30.9. The van der Waals surface area contributed by atoms with E-state index >= 15 is 0 Å². The number of hydrogen-bond donors (Lipinski definition) is 1. The molecule has 1 aliphatic rings. The third kappa shape index (κ3) is 7.60. The smallest absolute Gasteiger partial charge is 0.330 e. The van der Waals surface area contributed by atoms with Gasteiger partial charge in [-0.1, -0.05) is 6.08 Å². The highest BCUT2D eigenvalue weighted by Gasteiger charge is 2.31. The second-order valence-corrected chi connectivity index (χ2v) is 10.4. The van der Waals surface area contributed by atoms with E-state index in [9.17, 15) is 14.4 Å². The Morgan fingerprint density at radius 2 is 1.97 bits per heavy atom. The Kier molecular flexibility index (Phi) is 9.11. The van der Waals surface area contributed by atoms with Crippen LogP contribution in [0.25, 0.3) is 11.0 Å². The zero-order valence-corrected chi connectivity index (χ0v) is 22.9. The molecule has 0 atom stereocenters. The van der Waals surface area contributed by atoms with E-state index in [0.29, 0.717) is 24.2 Å². The Morgan fingerprint density at radius 3 is 2.62 bits per heavy atom. The zero-order chi connectivity index (χ0) is 27.4. The summed E-state index contributed by atoms with van der Waals surface area (Å²) in [4.78, 5) is 40.3. The summed E-state index contributed by atoms with van der Waals surface area (Å²) in [7, 11) is 0. The van der Waals surface area contributed by atoms with Crippen molar-refractivity contribution in [1.29, 1.82) is 0 Å². The highest BCUT2D eigenvalue weighted by molar-refractivity contribution is 7.71. The van der Waals surface area contributed by atoms with Crippen LogP contribution in [0.2, 0.25) is 0 Å². The van der Waals surface area contributed by atoms with Gasteiger partial charge in [-0.3, -0.25) is 14.6 Å². The Balaban J connectivity index is 1.62. The van der Waals surface area contributed by atoms with Gasteiger partial charge in [-0.25, -0.2) is 4.79 Å². The summed E-state index contributed by atoms with van der Waals surface area (Å²) in [6.07, 6.45) is 3.79. The molecule has 3 rings (SSSR count). The first-order valence-corrected chi connectivity index (χ1v) is 12.5. The van der Waals surface area contributed by atoms with Gasteiger partial charge in [0.15, 0.2) is 17.3 Å². The molecule has 0 spiro atoms. The molecule has 0 amide bonds. The molecular weight excluding hydrogens is 502 g/mol. The molecule has 204 valence electrons. The van der Waals surface area contributed by atoms with E-state index < -0.39 is 29.2 Å². The quantitative estimate of drug-likeness (QED) is 0.277. The monoisotopic (exact) mass is 537 g/mol. The van der Waals surface area contributed by atoms with E-state index in [1.165, 1.54) is 16.7 Å². The average Bonchev–Trinajstić information content (AvgIpc) is 3.24. The lowest BCUT2D eigenvalue weighted by molar-refractivity contribution is -0.275. The van der Waals surface area contributed by atoms with Crippen LogP contribution in [-0.4, -0.2) is 63.9 Å². The van der Waals surface area contributed by atoms with Crippen LogP contribution in [0.1, 0.15) is 41.5 Å². The molecule has 1 N–H and O–H groups in total. The number of hydrogen-bond acceptors (Lipinski definition) is 9. The summed E-state index contributed by atoms with van der Waals surface area (Å²) in [5.41, 5.74) is -0.582. The summed E-state index contributed by atoms with van der Waals surface area (Å²) in [6, 6.07) is 1.74. The molecule has 2 aromatic rings. The van der Waals surface area contributed by atoms with Gasteiger partial charge in [0.25, 0.3) is 5.56 Å². The molecule has 11 nitrogen and oxygen atoms in total. The van der Waals surface area contributed by atoms with Gasteiger partial charge in [-0.2, -0.15) is 0 Å². The maximum atomic E-state index is 12.8. The van der Waals surface area contributed by atoms with Crippen molar-refractivity contribution in [1.82, 2.24) is 14.1 Å². The van der Waals surface area contributed by atoms with Crippen molar-refractivity contribution in [3.63, 3.8) is 0 Å². The highest BCUT2D eigenvalue weighted by atomic mass is 32.1. The fourth-order valence-electron chi connectivity index (χ4n) is 3.58. The number of nitrogens with one attached hydrogen (secondary N) is 1.